The average molecular weight is 279 g/mol. The van der Waals surface area contributed by atoms with Gasteiger partial charge in [0.05, 0.1) is 5.69 Å². The van der Waals surface area contributed by atoms with E-state index < -0.39 is 0 Å². The second-order valence-electron chi connectivity index (χ2n) is 5.20. The van der Waals surface area contributed by atoms with E-state index in [0.29, 0.717) is 24.1 Å². The lowest BCUT2D eigenvalue weighted by atomic mass is 9.99. The number of rotatable bonds is 2. The van der Waals surface area contributed by atoms with Crippen molar-refractivity contribution in [3.63, 3.8) is 0 Å². The second-order valence-corrected chi connectivity index (χ2v) is 5.20. The van der Waals surface area contributed by atoms with Crippen molar-refractivity contribution in [3.8, 4) is 0 Å². The SMILES string of the molecule is CCc1ccc(C(=O)N2CCC(=O)c3ccccc32)cc1. The molecular weight excluding hydrogens is 262 g/mol. The Labute approximate surface area is 124 Å². The zero-order valence-electron chi connectivity index (χ0n) is 12.0. The molecule has 0 bridgehead atoms. The highest BCUT2D eigenvalue weighted by Gasteiger charge is 2.27. The van der Waals surface area contributed by atoms with Gasteiger partial charge in [0.2, 0.25) is 0 Å². The minimum absolute atomic E-state index is 0.0439. The molecule has 0 saturated heterocycles. The van der Waals surface area contributed by atoms with Crippen LogP contribution in [0.25, 0.3) is 0 Å². The number of fused-ring (bicyclic) bond motifs is 1. The largest absolute Gasteiger partial charge is 0.307 e. The van der Waals surface area contributed by atoms with Crippen molar-refractivity contribution < 1.29 is 9.59 Å². The van der Waals surface area contributed by atoms with Crippen LogP contribution >= 0.6 is 0 Å². The normalized spacial score (nSPS) is 14.0. The molecule has 2 aromatic rings. The number of aryl methyl sites for hydroxylation is 1. The summed E-state index contributed by atoms with van der Waals surface area (Å²) >= 11 is 0. The van der Waals surface area contributed by atoms with Crippen molar-refractivity contribution in [3.05, 3.63) is 65.2 Å². The third kappa shape index (κ3) is 2.47. The van der Waals surface area contributed by atoms with E-state index in [1.807, 2.05) is 42.5 Å². The van der Waals surface area contributed by atoms with Gasteiger partial charge in [0.15, 0.2) is 5.78 Å². The molecule has 1 aliphatic rings. The third-order valence-corrected chi connectivity index (χ3v) is 3.91. The molecule has 3 heteroatoms. The van der Waals surface area contributed by atoms with Crippen molar-refractivity contribution in [2.24, 2.45) is 0 Å². The van der Waals surface area contributed by atoms with E-state index in [2.05, 4.69) is 6.92 Å². The van der Waals surface area contributed by atoms with Crippen molar-refractivity contribution >= 4 is 17.4 Å². The predicted molar refractivity (Wildman–Crippen MR) is 82.9 cm³/mol. The molecule has 0 N–H and O–H groups in total. The van der Waals surface area contributed by atoms with Gasteiger partial charge in [-0.15, -0.1) is 0 Å². The monoisotopic (exact) mass is 279 g/mol. The molecule has 1 amide bonds. The lowest BCUT2D eigenvalue weighted by molar-refractivity contribution is 0.0955. The Kier molecular flexibility index (Phi) is 3.57. The van der Waals surface area contributed by atoms with Gasteiger partial charge >= 0.3 is 0 Å². The number of anilines is 1. The number of amides is 1. The molecule has 3 rings (SSSR count). The third-order valence-electron chi connectivity index (χ3n) is 3.91. The lowest BCUT2D eigenvalue weighted by Crippen LogP contribution is -2.37. The first kappa shape index (κ1) is 13.6. The maximum atomic E-state index is 12.7. The fraction of sp³-hybridized carbons (Fsp3) is 0.222. The van der Waals surface area contributed by atoms with Gasteiger partial charge < -0.3 is 4.90 Å². The van der Waals surface area contributed by atoms with Crippen molar-refractivity contribution in [2.45, 2.75) is 19.8 Å². The Bertz CT molecular complexity index is 689. The quantitative estimate of drug-likeness (QED) is 0.844. The first-order valence-corrected chi connectivity index (χ1v) is 7.23. The van der Waals surface area contributed by atoms with Gasteiger partial charge in [-0.25, -0.2) is 0 Å². The van der Waals surface area contributed by atoms with E-state index in [-0.39, 0.29) is 11.7 Å². The van der Waals surface area contributed by atoms with Gasteiger partial charge in [-0.2, -0.15) is 0 Å². The van der Waals surface area contributed by atoms with Gasteiger partial charge in [-0.1, -0.05) is 31.2 Å². The van der Waals surface area contributed by atoms with Gasteiger partial charge in [-0.05, 0) is 36.2 Å². The molecule has 0 unspecified atom stereocenters. The maximum absolute atomic E-state index is 12.7. The number of para-hydroxylation sites is 1. The fourth-order valence-corrected chi connectivity index (χ4v) is 2.66. The predicted octanol–water partition coefficient (Wildman–Crippen LogP) is 3.48. The molecule has 3 nitrogen and oxygen atoms in total. The number of Topliss-reactive ketones (excluding diaryl/α,β-unsaturated/α-hetero) is 1. The minimum atomic E-state index is -0.0439. The standard InChI is InChI=1S/C18H17NO2/c1-2-13-7-9-14(10-8-13)18(21)19-12-11-17(20)15-5-3-4-6-16(15)19/h3-10H,2,11-12H2,1H3. The van der Waals surface area contributed by atoms with E-state index in [9.17, 15) is 9.59 Å². The van der Waals surface area contributed by atoms with Crippen LogP contribution in [-0.4, -0.2) is 18.2 Å². The summed E-state index contributed by atoms with van der Waals surface area (Å²) in [6.45, 7) is 2.54. The van der Waals surface area contributed by atoms with Crippen LogP contribution in [0.3, 0.4) is 0 Å². The molecule has 21 heavy (non-hydrogen) atoms. The van der Waals surface area contributed by atoms with Crippen LogP contribution in [0.5, 0.6) is 0 Å². The Hall–Kier alpha value is -2.42. The summed E-state index contributed by atoms with van der Waals surface area (Å²) in [5.74, 6) is 0.0635. The van der Waals surface area contributed by atoms with Gasteiger partial charge in [0, 0.05) is 24.1 Å². The second kappa shape index (κ2) is 5.52. The summed E-state index contributed by atoms with van der Waals surface area (Å²) < 4.78 is 0. The van der Waals surface area contributed by atoms with Crippen molar-refractivity contribution in [1.82, 2.24) is 0 Å². The van der Waals surface area contributed by atoms with E-state index in [0.717, 1.165) is 12.1 Å². The summed E-state index contributed by atoms with van der Waals surface area (Å²) in [6, 6.07) is 15.0. The first-order chi connectivity index (χ1) is 10.2. The van der Waals surface area contributed by atoms with E-state index in [1.165, 1.54) is 5.56 Å². The maximum Gasteiger partial charge on any atom is 0.258 e. The first-order valence-electron chi connectivity index (χ1n) is 7.23. The van der Waals surface area contributed by atoms with Crippen LogP contribution in [-0.2, 0) is 6.42 Å². The highest BCUT2D eigenvalue weighted by atomic mass is 16.2. The molecule has 2 aromatic carbocycles. The summed E-state index contributed by atoms with van der Waals surface area (Å²) in [5, 5.41) is 0. The molecule has 1 aliphatic heterocycles. The Morgan fingerprint density at radius 2 is 1.81 bits per heavy atom. The number of ketones is 1. The van der Waals surface area contributed by atoms with E-state index in [4.69, 9.17) is 0 Å². The average Bonchev–Trinajstić information content (AvgIpc) is 2.55. The van der Waals surface area contributed by atoms with Crippen LogP contribution < -0.4 is 4.90 Å². The fourth-order valence-electron chi connectivity index (χ4n) is 2.66. The number of carbonyl (C=O) groups is 2. The zero-order chi connectivity index (χ0) is 14.8. The zero-order valence-corrected chi connectivity index (χ0v) is 12.0. The molecule has 106 valence electrons. The van der Waals surface area contributed by atoms with E-state index >= 15 is 0 Å². The Morgan fingerprint density at radius 3 is 2.52 bits per heavy atom. The van der Waals surface area contributed by atoms with Gasteiger partial charge in [0.25, 0.3) is 5.91 Å². The molecule has 1 heterocycles. The van der Waals surface area contributed by atoms with Crippen LogP contribution in [0.2, 0.25) is 0 Å². The summed E-state index contributed by atoms with van der Waals surface area (Å²) in [7, 11) is 0. The molecule has 0 aliphatic carbocycles. The van der Waals surface area contributed by atoms with Crippen LogP contribution in [0.15, 0.2) is 48.5 Å². The molecule has 0 fully saturated rings. The van der Waals surface area contributed by atoms with Crippen LogP contribution in [0, 0.1) is 0 Å². The highest BCUT2D eigenvalue weighted by Crippen LogP contribution is 2.28. The van der Waals surface area contributed by atoms with Gasteiger partial charge in [-0.3, -0.25) is 9.59 Å². The van der Waals surface area contributed by atoms with Crippen molar-refractivity contribution in [2.75, 3.05) is 11.4 Å². The molecule has 0 radical (unpaired) electrons. The summed E-state index contributed by atoms with van der Waals surface area (Å²) in [4.78, 5) is 26.3. The number of hydrogen-bond donors (Lipinski definition) is 0. The Morgan fingerprint density at radius 1 is 1.10 bits per heavy atom. The molecule has 0 saturated carbocycles. The lowest BCUT2D eigenvalue weighted by Gasteiger charge is -2.28. The minimum Gasteiger partial charge on any atom is -0.307 e. The van der Waals surface area contributed by atoms with E-state index in [1.54, 1.807) is 11.0 Å². The number of carbonyl (C=O) groups excluding carboxylic acids is 2. The molecule has 0 spiro atoms. The number of benzene rings is 2. The van der Waals surface area contributed by atoms with Gasteiger partial charge in [0.1, 0.15) is 0 Å². The van der Waals surface area contributed by atoms with Crippen LogP contribution in [0.1, 0.15) is 39.6 Å². The molecule has 0 atom stereocenters. The summed E-state index contributed by atoms with van der Waals surface area (Å²) in [5.41, 5.74) is 3.23. The number of nitrogens with zero attached hydrogens (tertiary/aromatic N) is 1. The molecular formula is C18H17NO2. The Balaban J connectivity index is 1.95. The van der Waals surface area contributed by atoms with Crippen molar-refractivity contribution in [1.29, 1.82) is 0 Å². The highest BCUT2D eigenvalue weighted by molar-refractivity contribution is 6.13. The molecule has 0 aromatic heterocycles. The smallest absolute Gasteiger partial charge is 0.258 e. The topological polar surface area (TPSA) is 37.4 Å². The van der Waals surface area contributed by atoms with Crippen LogP contribution in [0.4, 0.5) is 5.69 Å². The summed E-state index contributed by atoms with van der Waals surface area (Å²) in [6.07, 6.45) is 1.34. The number of hydrogen-bond acceptors (Lipinski definition) is 2.